The number of ether oxygens (including phenoxy) is 1. The number of hydrogen-bond donors (Lipinski definition) is 2. The molecule has 0 aliphatic carbocycles. The summed E-state index contributed by atoms with van der Waals surface area (Å²) in [5, 5.41) is 6.58. The molecule has 2 fully saturated rings. The monoisotopic (exact) mass is 387 g/mol. The first-order valence-electron chi connectivity index (χ1n) is 8.33. The summed E-state index contributed by atoms with van der Waals surface area (Å²) in [7, 11) is 0. The van der Waals surface area contributed by atoms with Crippen molar-refractivity contribution in [1.29, 1.82) is 0 Å². The molecule has 1 unspecified atom stereocenters. The number of carbonyl (C=O) groups excluding carboxylic acids is 2. The van der Waals surface area contributed by atoms with Crippen LogP contribution in [0.15, 0.2) is 18.2 Å². The maximum atomic E-state index is 12.7. The SMILES string of the molecule is Cl.O=C(CC1COCCN1)Nc1ccc(Cl)cc1C(=O)N1CCCC1. The van der Waals surface area contributed by atoms with Gasteiger partial charge in [0.05, 0.1) is 24.5 Å². The Kier molecular flexibility index (Phi) is 7.50. The van der Waals surface area contributed by atoms with Crippen molar-refractivity contribution < 1.29 is 14.3 Å². The van der Waals surface area contributed by atoms with Gasteiger partial charge in [-0.3, -0.25) is 9.59 Å². The van der Waals surface area contributed by atoms with Crippen LogP contribution in [-0.2, 0) is 9.53 Å². The standard InChI is InChI=1S/C17H22ClN3O3.ClH/c18-12-3-4-15(14(9-12)17(23)21-6-1-2-7-21)20-16(22)10-13-11-24-8-5-19-13;/h3-4,9,13,19H,1-2,5-8,10-11H2,(H,20,22);1H. The third-order valence-electron chi connectivity index (χ3n) is 4.31. The van der Waals surface area contributed by atoms with E-state index in [2.05, 4.69) is 10.6 Å². The maximum absolute atomic E-state index is 12.7. The third kappa shape index (κ3) is 5.31. The highest BCUT2D eigenvalue weighted by molar-refractivity contribution is 6.31. The third-order valence-corrected chi connectivity index (χ3v) is 4.54. The number of nitrogens with one attached hydrogen (secondary N) is 2. The van der Waals surface area contributed by atoms with Gasteiger partial charge < -0.3 is 20.3 Å². The number of nitrogens with zero attached hydrogens (tertiary/aromatic N) is 1. The van der Waals surface area contributed by atoms with Gasteiger partial charge in [0.2, 0.25) is 5.91 Å². The van der Waals surface area contributed by atoms with Crippen LogP contribution in [0.5, 0.6) is 0 Å². The van der Waals surface area contributed by atoms with Gasteiger partial charge in [-0.2, -0.15) is 0 Å². The van der Waals surface area contributed by atoms with Gasteiger partial charge in [-0.15, -0.1) is 12.4 Å². The molecular formula is C17H23Cl2N3O3. The smallest absolute Gasteiger partial charge is 0.256 e. The number of carbonyl (C=O) groups is 2. The minimum Gasteiger partial charge on any atom is -0.378 e. The molecular weight excluding hydrogens is 365 g/mol. The zero-order valence-electron chi connectivity index (χ0n) is 13.9. The summed E-state index contributed by atoms with van der Waals surface area (Å²) < 4.78 is 5.36. The van der Waals surface area contributed by atoms with Crippen LogP contribution in [0.1, 0.15) is 29.6 Å². The van der Waals surface area contributed by atoms with E-state index in [4.69, 9.17) is 16.3 Å². The number of amides is 2. The first-order valence-corrected chi connectivity index (χ1v) is 8.71. The van der Waals surface area contributed by atoms with Crippen molar-refractivity contribution in [1.82, 2.24) is 10.2 Å². The van der Waals surface area contributed by atoms with E-state index < -0.39 is 0 Å². The summed E-state index contributed by atoms with van der Waals surface area (Å²) in [6.07, 6.45) is 2.34. The van der Waals surface area contributed by atoms with Crippen LogP contribution in [0.25, 0.3) is 0 Å². The van der Waals surface area contributed by atoms with Gasteiger partial charge in [-0.25, -0.2) is 0 Å². The van der Waals surface area contributed by atoms with E-state index in [0.29, 0.717) is 35.9 Å². The van der Waals surface area contributed by atoms with E-state index in [9.17, 15) is 9.59 Å². The van der Waals surface area contributed by atoms with E-state index in [0.717, 1.165) is 32.5 Å². The van der Waals surface area contributed by atoms with Crippen LogP contribution in [0, 0.1) is 0 Å². The second-order valence-corrected chi connectivity index (χ2v) is 6.60. The number of hydrogen-bond acceptors (Lipinski definition) is 4. The van der Waals surface area contributed by atoms with E-state index in [-0.39, 0.29) is 30.3 Å². The molecule has 2 amide bonds. The van der Waals surface area contributed by atoms with Crippen molar-refractivity contribution >= 4 is 41.5 Å². The molecule has 0 saturated carbocycles. The lowest BCUT2D eigenvalue weighted by Gasteiger charge is -2.23. The molecule has 1 aromatic carbocycles. The van der Waals surface area contributed by atoms with Crippen LogP contribution in [0.2, 0.25) is 5.02 Å². The van der Waals surface area contributed by atoms with Gasteiger partial charge >= 0.3 is 0 Å². The Morgan fingerprint density at radius 1 is 1.32 bits per heavy atom. The number of halogens is 2. The van der Waals surface area contributed by atoms with E-state index in [1.807, 2.05) is 0 Å². The lowest BCUT2D eigenvalue weighted by molar-refractivity contribution is -0.117. The highest BCUT2D eigenvalue weighted by Crippen LogP contribution is 2.24. The second kappa shape index (κ2) is 9.38. The number of rotatable bonds is 4. The molecule has 1 atom stereocenters. The highest BCUT2D eigenvalue weighted by atomic mass is 35.5. The van der Waals surface area contributed by atoms with Gasteiger partial charge in [-0.1, -0.05) is 11.6 Å². The average Bonchev–Trinajstić information content (AvgIpc) is 3.11. The Balaban J connectivity index is 0.00000225. The van der Waals surface area contributed by atoms with Crippen molar-refractivity contribution in [3.8, 4) is 0 Å². The fraction of sp³-hybridized carbons (Fsp3) is 0.529. The minimum atomic E-state index is -0.143. The summed E-state index contributed by atoms with van der Waals surface area (Å²) in [6.45, 7) is 3.44. The Labute approximate surface area is 158 Å². The Morgan fingerprint density at radius 2 is 2.08 bits per heavy atom. The molecule has 138 valence electrons. The second-order valence-electron chi connectivity index (χ2n) is 6.17. The number of anilines is 1. The molecule has 0 radical (unpaired) electrons. The Morgan fingerprint density at radius 3 is 2.76 bits per heavy atom. The van der Waals surface area contributed by atoms with Crippen molar-refractivity contribution in [2.24, 2.45) is 0 Å². The molecule has 8 heteroatoms. The fourth-order valence-electron chi connectivity index (χ4n) is 3.07. The minimum absolute atomic E-state index is 0. The van der Waals surface area contributed by atoms with E-state index >= 15 is 0 Å². The van der Waals surface area contributed by atoms with E-state index in [1.54, 1.807) is 23.1 Å². The van der Waals surface area contributed by atoms with Crippen LogP contribution in [0.3, 0.4) is 0 Å². The fourth-order valence-corrected chi connectivity index (χ4v) is 3.24. The predicted molar refractivity (Wildman–Crippen MR) is 99.7 cm³/mol. The van der Waals surface area contributed by atoms with Crippen LogP contribution >= 0.6 is 24.0 Å². The number of benzene rings is 1. The molecule has 2 aliphatic rings. The molecule has 0 spiro atoms. The first-order chi connectivity index (χ1) is 11.6. The summed E-state index contributed by atoms with van der Waals surface area (Å²) in [5.41, 5.74) is 0.962. The van der Waals surface area contributed by atoms with Gasteiger partial charge in [0.25, 0.3) is 5.91 Å². The molecule has 25 heavy (non-hydrogen) atoms. The normalized spacial score (nSPS) is 20.0. The van der Waals surface area contributed by atoms with Gasteiger partial charge in [0.15, 0.2) is 0 Å². The number of likely N-dealkylation sites (tertiary alicyclic amines) is 1. The van der Waals surface area contributed by atoms with Crippen molar-refractivity contribution in [2.45, 2.75) is 25.3 Å². The highest BCUT2D eigenvalue weighted by Gasteiger charge is 2.24. The molecule has 2 saturated heterocycles. The average molecular weight is 388 g/mol. The van der Waals surface area contributed by atoms with Gasteiger partial charge in [0, 0.05) is 37.1 Å². The van der Waals surface area contributed by atoms with Crippen LogP contribution < -0.4 is 10.6 Å². The van der Waals surface area contributed by atoms with Crippen LogP contribution in [0.4, 0.5) is 5.69 Å². The van der Waals surface area contributed by atoms with Gasteiger partial charge in [0.1, 0.15) is 0 Å². The predicted octanol–water partition coefficient (Wildman–Crippen LogP) is 2.31. The van der Waals surface area contributed by atoms with Crippen LogP contribution in [-0.4, -0.2) is 55.6 Å². The van der Waals surface area contributed by atoms with E-state index in [1.165, 1.54) is 0 Å². The quantitative estimate of drug-likeness (QED) is 0.831. The molecule has 0 bridgehead atoms. The lowest BCUT2D eigenvalue weighted by Crippen LogP contribution is -2.43. The zero-order valence-corrected chi connectivity index (χ0v) is 15.5. The number of morpholine rings is 1. The largest absolute Gasteiger partial charge is 0.378 e. The Bertz CT molecular complexity index is 615. The summed E-state index contributed by atoms with van der Waals surface area (Å²) in [4.78, 5) is 26.8. The van der Waals surface area contributed by atoms with Crippen molar-refractivity contribution in [3.63, 3.8) is 0 Å². The molecule has 6 nitrogen and oxygen atoms in total. The molecule has 0 aromatic heterocycles. The molecule has 2 heterocycles. The zero-order chi connectivity index (χ0) is 16.9. The summed E-state index contributed by atoms with van der Waals surface area (Å²) in [5.74, 6) is -0.222. The molecule has 2 aliphatic heterocycles. The Hall–Kier alpha value is -1.34. The van der Waals surface area contributed by atoms with Crippen molar-refractivity contribution in [3.05, 3.63) is 28.8 Å². The molecule has 1 aromatic rings. The van der Waals surface area contributed by atoms with Crippen molar-refractivity contribution in [2.75, 3.05) is 38.2 Å². The first kappa shape index (κ1) is 20.0. The lowest BCUT2D eigenvalue weighted by atomic mass is 10.1. The van der Waals surface area contributed by atoms with Gasteiger partial charge in [-0.05, 0) is 31.0 Å². The maximum Gasteiger partial charge on any atom is 0.256 e. The molecule has 2 N–H and O–H groups in total. The molecule has 3 rings (SSSR count). The summed E-state index contributed by atoms with van der Waals surface area (Å²) >= 11 is 6.05. The summed E-state index contributed by atoms with van der Waals surface area (Å²) in [6, 6.07) is 5.00. The topological polar surface area (TPSA) is 70.7 Å².